The normalized spacial score (nSPS) is 16.9. The van der Waals surface area contributed by atoms with Crippen LogP contribution in [0.1, 0.15) is 70.1 Å². The Morgan fingerprint density at radius 1 is 0.885 bits per heavy atom. The van der Waals surface area contributed by atoms with Crippen LogP contribution in [-0.4, -0.2) is 45.6 Å². The van der Waals surface area contributed by atoms with Crippen LogP contribution in [0.4, 0.5) is 0 Å². The Morgan fingerprint density at radius 2 is 1.62 bits per heavy atom. The lowest BCUT2D eigenvalue weighted by Crippen LogP contribution is -2.55. The first-order chi connectivity index (χ1) is 29.5. The van der Waals surface area contributed by atoms with Crippen molar-refractivity contribution >= 4 is 35.1 Å². The van der Waals surface area contributed by atoms with Crippen molar-refractivity contribution in [2.24, 2.45) is 0 Å². The third-order valence-electron chi connectivity index (χ3n) is 11.8. The summed E-state index contributed by atoms with van der Waals surface area (Å²) in [5.41, 5.74) is 9.92. The van der Waals surface area contributed by atoms with E-state index in [-0.39, 0.29) is 24.5 Å². The van der Waals surface area contributed by atoms with Gasteiger partial charge in [0.15, 0.2) is 17.6 Å². The molecule has 4 atom stereocenters. The molecule has 312 valence electrons. The van der Waals surface area contributed by atoms with Crippen LogP contribution in [-0.2, 0) is 35.6 Å². The predicted molar refractivity (Wildman–Crippen MR) is 237 cm³/mol. The molecule has 6 aromatic rings. The Balaban J connectivity index is 0.993. The fourth-order valence-corrected chi connectivity index (χ4v) is 8.62. The van der Waals surface area contributed by atoms with Gasteiger partial charge in [0, 0.05) is 30.9 Å². The number of pyridine rings is 1. The maximum Gasteiger partial charge on any atom is 0.326 e. The first-order valence-electron chi connectivity index (χ1n) is 20.5. The molecule has 0 saturated carbocycles. The zero-order valence-corrected chi connectivity index (χ0v) is 35.7. The van der Waals surface area contributed by atoms with Gasteiger partial charge in [0.2, 0.25) is 5.91 Å². The molecule has 3 heterocycles. The number of ether oxygens (including phenoxy) is 3. The standard InChI is InChI=1S/C50H47Cl2N3O6/c1-4-44(35-8-6-5-7-9-35)55-27-38-26-47-46(60-29-48(61-47)36-15-17-39(18-16-36)59-28-33-12-19-41(51)42(52)22-33)25-37(38)24-45(55)49(56)54-43(50(57)58)23-32-10-13-34(14-11-32)40-20-21-53-31(3)30(40)2/h5-22,25-26,43-45,48H,4,23-24,27-29H2,1-3H3,(H,54,56)(H,57,58)/t43?,44-,45-,48+/m0/s1. The number of carboxylic acids is 1. The second-order valence-electron chi connectivity index (χ2n) is 15.7. The highest BCUT2D eigenvalue weighted by Crippen LogP contribution is 2.43. The van der Waals surface area contributed by atoms with Gasteiger partial charge in [0.05, 0.1) is 16.1 Å². The van der Waals surface area contributed by atoms with Crippen LogP contribution in [0.5, 0.6) is 17.2 Å². The number of aromatic nitrogens is 1. The molecule has 0 radical (unpaired) electrons. The minimum absolute atomic E-state index is 0.0976. The highest BCUT2D eigenvalue weighted by Gasteiger charge is 2.39. The third-order valence-corrected chi connectivity index (χ3v) is 12.5. The molecule has 1 aromatic heterocycles. The van der Waals surface area contributed by atoms with E-state index < -0.39 is 18.1 Å². The zero-order valence-electron chi connectivity index (χ0n) is 34.2. The molecule has 1 unspecified atom stereocenters. The molecule has 0 fully saturated rings. The topological polar surface area (TPSA) is 110 Å². The lowest BCUT2D eigenvalue weighted by molar-refractivity contribution is -0.143. The van der Waals surface area contributed by atoms with Gasteiger partial charge >= 0.3 is 5.97 Å². The van der Waals surface area contributed by atoms with Crippen molar-refractivity contribution in [2.75, 3.05) is 6.61 Å². The van der Waals surface area contributed by atoms with Gasteiger partial charge in [-0.1, -0.05) is 103 Å². The van der Waals surface area contributed by atoms with Crippen LogP contribution >= 0.6 is 23.2 Å². The van der Waals surface area contributed by atoms with E-state index in [0.717, 1.165) is 62.2 Å². The summed E-state index contributed by atoms with van der Waals surface area (Å²) in [6, 6.07) is 35.3. The van der Waals surface area contributed by atoms with Gasteiger partial charge in [-0.15, -0.1) is 0 Å². The van der Waals surface area contributed by atoms with E-state index in [1.807, 2.05) is 105 Å². The van der Waals surface area contributed by atoms with Crippen LogP contribution in [0, 0.1) is 13.8 Å². The molecule has 2 aliphatic heterocycles. The van der Waals surface area contributed by atoms with Gasteiger partial charge in [0.25, 0.3) is 0 Å². The number of nitrogens with zero attached hydrogens (tertiary/aromatic N) is 2. The lowest BCUT2D eigenvalue weighted by Gasteiger charge is -2.42. The molecule has 8 rings (SSSR count). The summed E-state index contributed by atoms with van der Waals surface area (Å²) in [4.78, 5) is 33.7. The predicted octanol–water partition coefficient (Wildman–Crippen LogP) is 10.5. The van der Waals surface area contributed by atoms with E-state index >= 15 is 0 Å². The fourth-order valence-electron chi connectivity index (χ4n) is 8.30. The molecular formula is C50H47Cl2N3O6. The van der Waals surface area contributed by atoms with Crippen molar-refractivity contribution in [3.63, 3.8) is 0 Å². The summed E-state index contributed by atoms with van der Waals surface area (Å²) in [5.74, 6) is 0.542. The molecule has 11 heteroatoms. The molecule has 0 bridgehead atoms. The van der Waals surface area contributed by atoms with E-state index in [1.54, 1.807) is 18.3 Å². The Hall–Kier alpha value is -5.87. The van der Waals surface area contributed by atoms with Crippen molar-refractivity contribution in [1.29, 1.82) is 0 Å². The van der Waals surface area contributed by atoms with Gasteiger partial charge in [-0.25, -0.2) is 4.79 Å². The summed E-state index contributed by atoms with van der Waals surface area (Å²) in [7, 11) is 0. The number of nitrogens with one attached hydrogen (secondary N) is 1. The number of carbonyl (C=O) groups excluding carboxylic acids is 1. The molecule has 0 spiro atoms. The molecule has 0 aliphatic carbocycles. The zero-order chi connectivity index (χ0) is 42.6. The summed E-state index contributed by atoms with van der Waals surface area (Å²) in [6.45, 7) is 7.25. The molecule has 9 nitrogen and oxygen atoms in total. The molecule has 2 N–H and O–H groups in total. The maximum absolute atomic E-state index is 14.4. The maximum atomic E-state index is 14.4. The van der Waals surface area contributed by atoms with Gasteiger partial charge in [0.1, 0.15) is 25.0 Å². The second-order valence-corrected chi connectivity index (χ2v) is 16.5. The summed E-state index contributed by atoms with van der Waals surface area (Å²) >= 11 is 12.2. The SMILES string of the molecule is CC[C@@H](c1ccccc1)N1Cc2cc3c(cc2C[C@H]1C(=O)NC(Cc1ccc(-c2ccnc(C)c2C)cc1)C(=O)O)OC[C@H](c1ccc(OCc2ccc(Cl)c(Cl)c2)cc1)O3. The molecule has 1 amide bonds. The monoisotopic (exact) mass is 855 g/mol. The second kappa shape index (κ2) is 18.4. The van der Waals surface area contributed by atoms with E-state index in [0.29, 0.717) is 53.5 Å². The van der Waals surface area contributed by atoms with Crippen LogP contribution in [0.15, 0.2) is 121 Å². The number of rotatable bonds is 13. The number of aliphatic carboxylic acids is 1. The Bertz CT molecular complexity index is 2530. The van der Waals surface area contributed by atoms with E-state index in [2.05, 4.69) is 34.3 Å². The van der Waals surface area contributed by atoms with Gasteiger partial charge < -0.3 is 24.6 Å². The molecule has 2 aliphatic rings. The number of halogens is 2. The number of amides is 1. The van der Waals surface area contributed by atoms with Gasteiger partial charge in [-0.3, -0.25) is 14.7 Å². The summed E-state index contributed by atoms with van der Waals surface area (Å²) < 4.78 is 18.9. The Labute approximate surface area is 366 Å². The highest BCUT2D eigenvalue weighted by atomic mass is 35.5. The summed E-state index contributed by atoms with van der Waals surface area (Å²) in [6.07, 6.45) is 2.72. The molecule has 61 heavy (non-hydrogen) atoms. The van der Waals surface area contributed by atoms with Crippen LogP contribution < -0.4 is 19.5 Å². The van der Waals surface area contributed by atoms with Crippen molar-refractivity contribution < 1.29 is 28.9 Å². The number of hydrogen-bond donors (Lipinski definition) is 2. The van der Waals surface area contributed by atoms with Crippen molar-refractivity contribution in [2.45, 2.75) is 77.4 Å². The first-order valence-corrected chi connectivity index (χ1v) is 21.3. The number of carboxylic acid groups (broad SMARTS) is 1. The Morgan fingerprint density at radius 3 is 2.34 bits per heavy atom. The Kier molecular flexibility index (Phi) is 12.6. The number of hydrogen-bond acceptors (Lipinski definition) is 7. The highest BCUT2D eigenvalue weighted by molar-refractivity contribution is 6.42. The average Bonchev–Trinajstić information content (AvgIpc) is 3.27. The van der Waals surface area contributed by atoms with E-state index in [9.17, 15) is 14.7 Å². The van der Waals surface area contributed by atoms with Crippen LogP contribution in [0.2, 0.25) is 10.0 Å². The number of benzene rings is 5. The van der Waals surface area contributed by atoms with E-state index in [4.69, 9.17) is 37.4 Å². The smallest absolute Gasteiger partial charge is 0.326 e. The molecular weight excluding hydrogens is 809 g/mol. The summed E-state index contributed by atoms with van der Waals surface area (Å²) in [5, 5.41) is 14.3. The van der Waals surface area contributed by atoms with Crippen LogP contribution in [0.3, 0.4) is 0 Å². The fraction of sp³-hybridized carbons (Fsp3) is 0.260. The minimum Gasteiger partial charge on any atom is -0.489 e. The largest absolute Gasteiger partial charge is 0.489 e. The average molecular weight is 857 g/mol. The minimum atomic E-state index is -1.12. The molecule has 5 aromatic carbocycles. The van der Waals surface area contributed by atoms with Gasteiger partial charge in [-0.2, -0.15) is 0 Å². The van der Waals surface area contributed by atoms with Crippen molar-refractivity contribution in [1.82, 2.24) is 15.2 Å². The van der Waals surface area contributed by atoms with Crippen molar-refractivity contribution in [3.05, 3.63) is 176 Å². The number of aryl methyl sites for hydroxylation is 1. The van der Waals surface area contributed by atoms with Crippen LogP contribution in [0.25, 0.3) is 11.1 Å². The van der Waals surface area contributed by atoms with Crippen molar-refractivity contribution in [3.8, 4) is 28.4 Å². The quantitative estimate of drug-likeness (QED) is 0.118. The van der Waals surface area contributed by atoms with Gasteiger partial charge in [-0.05, 0) is 119 Å². The lowest BCUT2D eigenvalue weighted by atomic mass is 9.89. The number of carbonyl (C=O) groups is 2. The molecule has 0 saturated heterocycles. The number of fused-ring (bicyclic) bond motifs is 2. The van der Waals surface area contributed by atoms with E-state index in [1.165, 1.54) is 0 Å². The first kappa shape index (κ1) is 41.8. The third kappa shape index (κ3) is 9.39.